The number of hydrogen-bond donors (Lipinski definition) is 1. The van der Waals surface area contributed by atoms with Crippen LogP contribution in [0.1, 0.15) is 18.4 Å². The molecule has 1 atom stereocenters. The number of halogens is 3. The Labute approximate surface area is 184 Å². The molecule has 1 heterocycles. The topological polar surface area (TPSA) is 84.9 Å². The van der Waals surface area contributed by atoms with E-state index in [9.17, 15) is 26.4 Å². The number of nitrogens with one attached hydrogen (secondary N) is 1. The highest BCUT2D eigenvalue weighted by atomic mass is 32.2. The normalized spacial score (nSPS) is 15.8. The zero-order valence-corrected chi connectivity index (χ0v) is 18.1. The van der Waals surface area contributed by atoms with Crippen molar-refractivity contribution in [2.45, 2.75) is 25.1 Å². The molecule has 7 nitrogen and oxygen atoms in total. The second kappa shape index (κ2) is 9.68. The molecule has 174 valence electrons. The quantitative estimate of drug-likeness (QED) is 0.638. The average molecular weight is 472 g/mol. The number of hydrogen-bond acceptors (Lipinski definition) is 5. The van der Waals surface area contributed by atoms with Gasteiger partial charge in [-0.15, -0.1) is 0 Å². The summed E-state index contributed by atoms with van der Waals surface area (Å²) in [7, 11) is -3.84. The van der Waals surface area contributed by atoms with Gasteiger partial charge in [-0.3, -0.25) is 9.10 Å². The maximum absolute atomic E-state index is 13.0. The monoisotopic (exact) mass is 472 g/mol. The van der Waals surface area contributed by atoms with Crippen molar-refractivity contribution < 1.29 is 35.9 Å². The molecule has 0 saturated heterocycles. The van der Waals surface area contributed by atoms with Gasteiger partial charge in [0.25, 0.3) is 0 Å². The molecule has 0 radical (unpaired) electrons. The molecule has 0 aromatic heterocycles. The number of rotatable bonds is 8. The summed E-state index contributed by atoms with van der Waals surface area (Å²) in [6, 6.07) is 11.2. The largest absolute Gasteiger partial charge is 0.486 e. The molecule has 32 heavy (non-hydrogen) atoms. The number of nitrogens with zero attached hydrogens (tertiary/aromatic N) is 1. The number of carbonyl (C=O) groups excluding carboxylic acids is 1. The van der Waals surface area contributed by atoms with Crippen LogP contribution in [0.25, 0.3) is 0 Å². The molecule has 2 aromatic carbocycles. The summed E-state index contributed by atoms with van der Waals surface area (Å²) in [5.74, 6) is 0.887. The fourth-order valence-corrected chi connectivity index (χ4v) is 4.14. The fraction of sp³-hybridized carbons (Fsp3) is 0.381. The Hall–Kier alpha value is -2.95. The summed E-state index contributed by atoms with van der Waals surface area (Å²) in [4.78, 5) is 12.2. The number of alkyl halides is 3. The van der Waals surface area contributed by atoms with E-state index in [0.29, 0.717) is 11.5 Å². The molecule has 0 saturated carbocycles. The molecule has 0 fully saturated rings. The van der Waals surface area contributed by atoms with E-state index in [0.717, 1.165) is 28.8 Å². The van der Waals surface area contributed by atoms with Crippen molar-refractivity contribution in [2.75, 3.05) is 30.3 Å². The van der Waals surface area contributed by atoms with Crippen molar-refractivity contribution in [2.24, 2.45) is 0 Å². The van der Waals surface area contributed by atoms with Gasteiger partial charge in [0, 0.05) is 13.0 Å². The van der Waals surface area contributed by atoms with Gasteiger partial charge in [-0.05, 0) is 36.8 Å². The third-order valence-electron chi connectivity index (χ3n) is 4.72. The lowest BCUT2D eigenvalue weighted by molar-refractivity contribution is -0.137. The summed E-state index contributed by atoms with van der Waals surface area (Å²) >= 11 is 0. The van der Waals surface area contributed by atoms with Crippen LogP contribution in [0.2, 0.25) is 0 Å². The number of carbonyl (C=O) groups is 1. The molecule has 0 unspecified atom stereocenters. The Morgan fingerprint density at radius 1 is 1.16 bits per heavy atom. The van der Waals surface area contributed by atoms with Gasteiger partial charge in [0.2, 0.25) is 15.9 Å². The van der Waals surface area contributed by atoms with E-state index in [2.05, 4.69) is 5.32 Å². The van der Waals surface area contributed by atoms with E-state index >= 15 is 0 Å². The minimum atomic E-state index is -4.59. The predicted molar refractivity (Wildman–Crippen MR) is 112 cm³/mol. The third kappa shape index (κ3) is 6.28. The standard InChI is InChI=1S/C21H23F3N2O5S/c1-32(28,29)26(16-7-4-6-15(12-16)21(22,23)24)11-5-10-20(27)25-13-17-14-30-18-8-2-3-9-19(18)31-17/h2-4,6-9,12,17H,5,10-11,13-14H2,1H3,(H,25,27)/t17-/m1/s1. The highest BCUT2D eigenvalue weighted by Crippen LogP contribution is 2.32. The van der Waals surface area contributed by atoms with Crippen LogP contribution in [0, 0.1) is 0 Å². The smallest absolute Gasteiger partial charge is 0.416 e. The molecular formula is C21H23F3N2O5S. The van der Waals surface area contributed by atoms with Crippen LogP contribution in [0.3, 0.4) is 0 Å². The first-order valence-electron chi connectivity index (χ1n) is 9.84. The third-order valence-corrected chi connectivity index (χ3v) is 5.92. The van der Waals surface area contributed by atoms with Crippen LogP contribution in [0.4, 0.5) is 18.9 Å². The zero-order chi connectivity index (χ0) is 23.4. The highest BCUT2D eigenvalue weighted by molar-refractivity contribution is 7.92. The number of fused-ring (bicyclic) bond motifs is 1. The van der Waals surface area contributed by atoms with E-state index in [4.69, 9.17) is 9.47 Å². The molecule has 1 aliphatic heterocycles. The maximum Gasteiger partial charge on any atom is 0.416 e. The molecule has 0 aliphatic carbocycles. The highest BCUT2D eigenvalue weighted by Gasteiger charge is 2.31. The van der Waals surface area contributed by atoms with E-state index < -0.39 is 21.8 Å². The van der Waals surface area contributed by atoms with E-state index in [1.54, 1.807) is 18.2 Å². The second-order valence-corrected chi connectivity index (χ2v) is 9.20. The Morgan fingerprint density at radius 3 is 2.56 bits per heavy atom. The first-order valence-corrected chi connectivity index (χ1v) is 11.7. The number of sulfonamides is 1. The van der Waals surface area contributed by atoms with Gasteiger partial charge in [-0.25, -0.2) is 8.42 Å². The van der Waals surface area contributed by atoms with Gasteiger partial charge in [0.15, 0.2) is 11.5 Å². The number of para-hydroxylation sites is 2. The van der Waals surface area contributed by atoms with Crippen LogP contribution in [0.5, 0.6) is 11.5 Å². The molecule has 2 aromatic rings. The molecule has 1 N–H and O–H groups in total. The molecule has 1 aliphatic rings. The van der Waals surface area contributed by atoms with Crippen LogP contribution < -0.4 is 19.1 Å². The van der Waals surface area contributed by atoms with Crippen molar-refractivity contribution in [1.82, 2.24) is 5.32 Å². The minimum absolute atomic E-state index is 0.00482. The SMILES string of the molecule is CS(=O)(=O)N(CCCC(=O)NC[C@@H]1COc2ccccc2O1)c1cccc(C(F)(F)F)c1. The number of anilines is 1. The molecule has 0 spiro atoms. The lowest BCUT2D eigenvalue weighted by atomic mass is 10.2. The van der Waals surface area contributed by atoms with Crippen molar-refractivity contribution in [3.8, 4) is 11.5 Å². The van der Waals surface area contributed by atoms with Crippen LogP contribution in [-0.4, -0.2) is 46.4 Å². The lowest BCUT2D eigenvalue weighted by Crippen LogP contribution is -2.41. The van der Waals surface area contributed by atoms with Gasteiger partial charge in [0.05, 0.1) is 24.1 Å². The van der Waals surface area contributed by atoms with Crippen molar-refractivity contribution >= 4 is 21.6 Å². The summed E-state index contributed by atoms with van der Waals surface area (Å²) in [5.41, 5.74) is -1.05. The number of ether oxygens (including phenoxy) is 2. The fourth-order valence-electron chi connectivity index (χ4n) is 3.19. The first-order chi connectivity index (χ1) is 15.0. The predicted octanol–water partition coefficient (Wildman–Crippen LogP) is 3.21. The van der Waals surface area contributed by atoms with Crippen molar-refractivity contribution in [3.63, 3.8) is 0 Å². The molecule has 0 bridgehead atoms. The van der Waals surface area contributed by atoms with E-state index in [1.165, 1.54) is 6.07 Å². The Morgan fingerprint density at radius 2 is 1.88 bits per heavy atom. The van der Waals surface area contributed by atoms with Crippen LogP contribution >= 0.6 is 0 Å². The van der Waals surface area contributed by atoms with Crippen molar-refractivity contribution in [3.05, 3.63) is 54.1 Å². The van der Waals surface area contributed by atoms with E-state index in [1.807, 2.05) is 6.07 Å². The molecule has 11 heteroatoms. The number of amides is 1. The van der Waals surface area contributed by atoms with Gasteiger partial charge in [-0.1, -0.05) is 18.2 Å². The first kappa shape index (κ1) is 23.7. The average Bonchev–Trinajstić information content (AvgIpc) is 2.73. The molecule has 1 amide bonds. The maximum atomic E-state index is 13.0. The molecular weight excluding hydrogens is 449 g/mol. The minimum Gasteiger partial charge on any atom is -0.486 e. The van der Waals surface area contributed by atoms with Crippen LogP contribution in [-0.2, 0) is 21.0 Å². The number of benzene rings is 2. The Balaban J connectivity index is 1.52. The Bertz CT molecular complexity index is 1060. The van der Waals surface area contributed by atoms with Gasteiger partial charge in [-0.2, -0.15) is 13.2 Å². The van der Waals surface area contributed by atoms with E-state index in [-0.39, 0.29) is 50.2 Å². The van der Waals surface area contributed by atoms with Gasteiger partial charge >= 0.3 is 6.18 Å². The second-order valence-electron chi connectivity index (χ2n) is 7.29. The van der Waals surface area contributed by atoms with Crippen molar-refractivity contribution in [1.29, 1.82) is 0 Å². The zero-order valence-electron chi connectivity index (χ0n) is 17.3. The Kier molecular flexibility index (Phi) is 7.17. The van der Waals surface area contributed by atoms with Crippen LogP contribution in [0.15, 0.2) is 48.5 Å². The van der Waals surface area contributed by atoms with Gasteiger partial charge < -0.3 is 14.8 Å². The molecule has 3 rings (SSSR count). The van der Waals surface area contributed by atoms with Gasteiger partial charge in [0.1, 0.15) is 12.7 Å². The summed E-state index contributed by atoms with van der Waals surface area (Å²) in [6.45, 7) is 0.343. The summed E-state index contributed by atoms with van der Waals surface area (Å²) in [5, 5.41) is 2.70. The summed E-state index contributed by atoms with van der Waals surface area (Å²) < 4.78 is 75.3. The summed E-state index contributed by atoms with van der Waals surface area (Å²) in [6.07, 6.45) is -3.93. The lowest BCUT2D eigenvalue weighted by Gasteiger charge is -2.26.